The predicted molar refractivity (Wildman–Crippen MR) is 92.1 cm³/mol. The number of hydrogen-bond acceptors (Lipinski definition) is 3. The molecule has 23 heavy (non-hydrogen) atoms. The summed E-state index contributed by atoms with van der Waals surface area (Å²) < 4.78 is 31.3. The number of ether oxygens (including phenoxy) is 1. The number of benzene rings is 2. The molecule has 0 radical (unpaired) electrons. The number of hydrogen-bond donors (Lipinski definition) is 0. The van der Waals surface area contributed by atoms with E-state index in [2.05, 4.69) is 0 Å². The molecule has 5 heteroatoms. The van der Waals surface area contributed by atoms with Crippen molar-refractivity contribution in [3.05, 3.63) is 77.5 Å². The summed E-state index contributed by atoms with van der Waals surface area (Å²) in [4.78, 5) is 0. The normalized spacial score (nSPS) is 14.0. The lowest BCUT2D eigenvalue weighted by Crippen LogP contribution is -2.25. The van der Waals surface area contributed by atoms with Crippen LogP contribution >= 0.6 is 0 Å². The molecular formula is C18H17NO3S. The Morgan fingerprint density at radius 3 is 2.26 bits per heavy atom. The van der Waals surface area contributed by atoms with Crippen LogP contribution in [0.5, 0.6) is 5.75 Å². The molecule has 0 spiro atoms. The van der Waals surface area contributed by atoms with Gasteiger partial charge in [-0.2, -0.15) is 0 Å². The lowest BCUT2D eigenvalue weighted by molar-refractivity contribution is 0.488. The number of nitrogens with zero attached hydrogens (tertiary/aromatic N) is 1. The fraction of sp³-hybridized carbons (Fsp3) is 0.111. The molecule has 0 bridgehead atoms. The summed E-state index contributed by atoms with van der Waals surface area (Å²) in [5, 5.41) is 0. The van der Waals surface area contributed by atoms with Gasteiger partial charge in [-0.3, -0.25) is 4.31 Å². The number of allylic oxidation sites excluding steroid dienone is 1. The Balaban J connectivity index is 2.21. The highest BCUT2D eigenvalue weighted by Gasteiger charge is 2.22. The van der Waals surface area contributed by atoms with E-state index in [4.69, 9.17) is 4.74 Å². The second kappa shape index (κ2) is 5.93. The maximum Gasteiger partial charge on any atom is 0.232 e. The summed E-state index contributed by atoms with van der Waals surface area (Å²) in [5.41, 5.74) is 2.21. The molecule has 2 aromatic rings. The lowest BCUT2D eigenvalue weighted by Gasteiger charge is -2.21. The maximum atomic E-state index is 12.0. The molecule has 2 aromatic carbocycles. The molecule has 0 aromatic heterocycles. The molecule has 0 N–H and O–H groups in total. The van der Waals surface area contributed by atoms with Crippen LogP contribution in [-0.2, 0) is 10.0 Å². The van der Waals surface area contributed by atoms with E-state index in [0.717, 1.165) is 11.1 Å². The molecule has 0 atom stereocenters. The molecular weight excluding hydrogens is 310 g/mol. The number of rotatable bonds is 3. The van der Waals surface area contributed by atoms with Crippen LogP contribution in [0.15, 0.2) is 66.4 Å². The average Bonchev–Trinajstić information content (AvgIpc) is 2.73. The van der Waals surface area contributed by atoms with Crippen LogP contribution in [0.2, 0.25) is 0 Å². The fourth-order valence-corrected chi connectivity index (χ4v) is 2.84. The lowest BCUT2D eigenvalue weighted by atomic mass is 10.1. The second-order valence-electron chi connectivity index (χ2n) is 5.28. The highest BCUT2D eigenvalue weighted by atomic mass is 32.2. The molecule has 0 unspecified atom stereocenters. The first-order valence-corrected chi connectivity index (χ1v) is 9.00. The highest BCUT2D eigenvalue weighted by Crippen LogP contribution is 2.33. The standard InChI is InChI=1S/C18H17NO3S/c1-19(23(2,20)21)16-13-12-14-8-6-7-11-17(14)22-18(16)15-9-4-3-5-10-15/h3-13H,1-2H3. The van der Waals surface area contributed by atoms with E-state index in [-0.39, 0.29) is 0 Å². The third kappa shape index (κ3) is 3.14. The van der Waals surface area contributed by atoms with Crippen LogP contribution < -0.4 is 4.74 Å². The van der Waals surface area contributed by atoms with Crippen LogP contribution in [-0.4, -0.2) is 26.0 Å². The zero-order valence-corrected chi connectivity index (χ0v) is 13.7. The summed E-state index contributed by atoms with van der Waals surface area (Å²) in [6, 6.07) is 17.1. The SMILES string of the molecule is CN(C1=C(c2ccccc2)Oc2ccccc2C=C1)S(C)(=O)=O. The summed E-state index contributed by atoms with van der Waals surface area (Å²) >= 11 is 0. The maximum absolute atomic E-state index is 12.0. The van der Waals surface area contributed by atoms with E-state index in [1.54, 1.807) is 6.08 Å². The molecule has 1 aliphatic rings. The van der Waals surface area contributed by atoms with Gasteiger partial charge in [0, 0.05) is 18.2 Å². The van der Waals surface area contributed by atoms with Gasteiger partial charge in [0.05, 0.1) is 12.0 Å². The number of para-hydroxylation sites is 1. The molecule has 0 saturated heterocycles. The predicted octanol–water partition coefficient (Wildman–Crippen LogP) is 3.35. The van der Waals surface area contributed by atoms with E-state index >= 15 is 0 Å². The van der Waals surface area contributed by atoms with Gasteiger partial charge >= 0.3 is 0 Å². The molecule has 0 fully saturated rings. The molecule has 0 amide bonds. The Bertz CT molecular complexity index is 883. The van der Waals surface area contributed by atoms with Gasteiger partial charge in [0.25, 0.3) is 0 Å². The third-order valence-corrected chi connectivity index (χ3v) is 4.85. The highest BCUT2D eigenvalue weighted by molar-refractivity contribution is 7.88. The minimum absolute atomic E-state index is 0.495. The second-order valence-corrected chi connectivity index (χ2v) is 7.30. The zero-order valence-electron chi connectivity index (χ0n) is 12.9. The van der Waals surface area contributed by atoms with Crippen molar-refractivity contribution >= 4 is 21.9 Å². The minimum Gasteiger partial charge on any atom is -0.454 e. The number of sulfonamides is 1. The first-order chi connectivity index (χ1) is 11.0. The molecule has 4 nitrogen and oxygen atoms in total. The van der Waals surface area contributed by atoms with Gasteiger partial charge in [-0.05, 0) is 18.2 Å². The van der Waals surface area contributed by atoms with Crippen molar-refractivity contribution in [2.45, 2.75) is 0 Å². The van der Waals surface area contributed by atoms with Crippen molar-refractivity contribution in [3.8, 4) is 5.75 Å². The fourth-order valence-electron chi connectivity index (χ4n) is 2.34. The average molecular weight is 327 g/mol. The Hall–Kier alpha value is -2.53. The summed E-state index contributed by atoms with van der Waals surface area (Å²) in [7, 11) is -1.88. The van der Waals surface area contributed by atoms with E-state index in [1.807, 2.05) is 60.7 Å². The van der Waals surface area contributed by atoms with Crippen LogP contribution in [0.25, 0.3) is 11.8 Å². The summed E-state index contributed by atoms with van der Waals surface area (Å²) in [5.74, 6) is 1.21. The van der Waals surface area contributed by atoms with Crippen molar-refractivity contribution in [1.29, 1.82) is 0 Å². The first kappa shape index (κ1) is 15.4. The van der Waals surface area contributed by atoms with Crippen molar-refractivity contribution in [2.24, 2.45) is 0 Å². The Labute approximate surface area is 136 Å². The molecule has 1 aliphatic heterocycles. The van der Waals surface area contributed by atoms with Crippen molar-refractivity contribution in [2.75, 3.05) is 13.3 Å². The Kier molecular flexibility index (Phi) is 3.96. The van der Waals surface area contributed by atoms with Gasteiger partial charge in [-0.1, -0.05) is 48.5 Å². The number of likely N-dealkylation sites (N-methyl/N-ethyl adjacent to an activating group) is 1. The Morgan fingerprint density at radius 1 is 0.913 bits per heavy atom. The monoisotopic (exact) mass is 327 g/mol. The summed E-state index contributed by atoms with van der Waals surface area (Å²) in [6.45, 7) is 0. The van der Waals surface area contributed by atoms with Gasteiger partial charge in [0.15, 0.2) is 5.76 Å². The third-order valence-electron chi connectivity index (χ3n) is 3.66. The largest absolute Gasteiger partial charge is 0.454 e. The number of fused-ring (bicyclic) bond motifs is 1. The quantitative estimate of drug-likeness (QED) is 0.868. The van der Waals surface area contributed by atoms with E-state index in [1.165, 1.54) is 17.6 Å². The molecule has 1 heterocycles. The molecule has 3 rings (SSSR count). The smallest absolute Gasteiger partial charge is 0.232 e. The van der Waals surface area contributed by atoms with Crippen LogP contribution in [0.3, 0.4) is 0 Å². The van der Waals surface area contributed by atoms with Gasteiger partial charge in [-0.25, -0.2) is 8.42 Å². The first-order valence-electron chi connectivity index (χ1n) is 7.15. The van der Waals surface area contributed by atoms with E-state index < -0.39 is 10.0 Å². The van der Waals surface area contributed by atoms with Gasteiger partial charge in [0.1, 0.15) is 5.75 Å². The minimum atomic E-state index is -3.40. The molecule has 118 valence electrons. The van der Waals surface area contributed by atoms with E-state index in [0.29, 0.717) is 17.2 Å². The van der Waals surface area contributed by atoms with Crippen molar-refractivity contribution in [3.63, 3.8) is 0 Å². The van der Waals surface area contributed by atoms with Crippen LogP contribution in [0.1, 0.15) is 11.1 Å². The van der Waals surface area contributed by atoms with Gasteiger partial charge in [-0.15, -0.1) is 0 Å². The molecule has 0 aliphatic carbocycles. The summed E-state index contributed by atoms with van der Waals surface area (Å²) in [6.07, 6.45) is 4.81. The van der Waals surface area contributed by atoms with E-state index in [9.17, 15) is 8.42 Å². The molecule has 0 saturated carbocycles. The Morgan fingerprint density at radius 2 is 1.57 bits per heavy atom. The van der Waals surface area contributed by atoms with Crippen LogP contribution in [0, 0.1) is 0 Å². The van der Waals surface area contributed by atoms with Crippen molar-refractivity contribution < 1.29 is 13.2 Å². The van der Waals surface area contributed by atoms with Gasteiger partial charge < -0.3 is 4.74 Å². The van der Waals surface area contributed by atoms with Crippen molar-refractivity contribution in [1.82, 2.24) is 4.31 Å². The topological polar surface area (TPSA) is 46.6 Å². The zero-order chi connectivity index (χ0) is 16.4. The van der Waals surface area contributed by atoms with Gasteiger partial charge in [0.2, 0.25) is 10.0 Å². The van der Waals surface area contributed by atoms with Crippen LogP contribution in [0.4, 0.5) is 0 Å².